The Bertz CT molecular complexity index is 1900. The quantitative estimate of drug-likeness (QED) is 0.215. The van der Waals surface area contributed by atoms with Crippen molar-refractivity contribution >= 4 is 51.7 Å². The first kappa shape index (κ1) is 33.2. The van der Waals surface area contributed by atoms with Gasteiger partial charge in [0, 0.05) is 11.6 Å². The zero-order valence-corrected chi connectivity index (χ0v) is 26.1. The molecule has 3 N–H and O–H groups in total. The normalized spacial score (nSPS) is 18.9. The molecule has 2 aliphatic heterocycles. The number of amides is 4. The van der Waals surface area contributed by atoms with E-state index in [9.17, 15) is 33.5 Å². The lowest BCUT2D eigenvalue weighted by molar-refractivity contribution is -0.168. The van der Waals surface area contributed by atoms with E-state index in [1.807, 2.05) is 30.3 Å². The second-order valence-electron chi connectivity index (χ2n) is 11.5. The molecule has 1 fully saturated rings. The number of pyridine rings is 1. The van der Waals surface area contributed by atoms with E-state index in [2.05, 4.69) is 15.6 Å². The van der Waals surface area contributed by atoms with Crippen LogP contribution < -0.4 is 20.4 Å². The van der Waals surface area contributed by atoms with Gasteiger partial charge in [0.2, 0.25) is 18.1 Å². The zero-order valence-electron chi connectivity index (χ0n) is 26.1. The molecule has 0 aliphatic carbocycles. The van der Waals surface area contributed by atoms with Crippen LogP contribution in [-0.4, -0.2) is 77.8 Å². The third-order valence-corrected chi connectivity index (χ3v) is 8.14. The smallest absolute Gasteiger partial charge is 0.310 e. The highest BCUT2D eigenvalue weighted by molar-refractivity contribution is 6.12. The number of rotatable bonds is 10. The summed E-state index contributed by atoms with van der Waals surface area (Å²) >= 11 is 0. The molecule has 1 aromatic heterocycles. The molecule has 3 aromatic carbocycles. The Morgan fingerprint density at radius 3 is 2.55 bits per heavy atom. The molecule has 0 bridgehead atoms. The number of halogens is 1. The molecule has 4 amide bonds. The molecule has 14 heteroatoms. The van der Waals surface area contributed by atoms with Crippen molar-refractivity contribution in [3.63, 3.8) is 0 Å². The van der Waals surface area contributed by atoms with Crippen molar-refractivity contribution in [1.82, 2.24) is 15.6 Å². The van der Waals surface area contributed by atoms with Gasteiger partial charge in [-0.3, -0.25) is 33.9 Å². The molecule has 0 saturated carbocycles. The van der Waals surface area contributed by atoms with E-state index < -0.39 is 73.5 Å². The van der Waals surface area contributed by atoms with Crippen molar-refractivity contribution < 1.29 is 42.9 Å². The fourth-order valence-corrected chi connectivity index (χ4v) is 5.82. The highest BCUT2D eigenvalue weighted by atomic mass is 19.1. The van der Waals surface area contributed by atoms with E-state index in [1.54, 1.807) is 30.3 Å². The lowest BCUT2D eigenvalue weighted by Crippen LogP contribution is -2.55. The molecule has 0 spiro atoms. The van der Waals surface area contributed by atoms with Crippen LogP contribution in [0.4, 0.5) is 15.8 Å². The number of carbonyl (C=O) groups excluding carboxylic acids is 5. The maximum atomic E-state index is 14.7. The Balaban J connectivity index is 1.28. The minimum Gasteiger partial charge on any atom is -0.433 e. The van der Waals surface area contributed by atoms with Crippen molar-refractivity contribution in [3.8, 4) is 0 Å². The largest absolute Gasteiger partial charge is 0.433 e. The van der Waals surface area contributed by atoms with Gasteiger partial charge in [-0.1, -0.05) is 54.6 Å². The lowest BCUT2D eigenvalue weighted by atomic mass is 10.1. The van der Waals surface area contributed by atoms with Crippen LogP contribution in [0.2, 0.25) is 0 Å². The molecule has 49 heavy (non-hydrogen) atoms. The summed E-state index contributed by atoms with van der Waals surface area (Å²) in [4.78, 5) is 73.2. The highest BCUT2D eigenvalue weighted by Gasteiger charge is 2.40. The molecule has 6 rings (SSSR count). The maximum absolute atomic E-state index is 14.7. The average Bonchev–Trinajstić information content (AvgIpc) is 3.41. The summed E-state index contributed by atoms with van der Waals surface area (Å²) in [6, 6.07) is 19.0. The van der Waals surface area contributed by atoms with E-state index in [1.165, 1.54) is 12.3 Å². The number of carbonyl (C=O) groups is 5. The number of hydrogen-bond acceptors (Lipinski definition) is 9. The molecule has 3 atom stereocenters. The number of aliphatic hydroxyl groups excluding tert-OH is 1. The van der Waals surface area contributed by atoms with E-state index in [0.717, 1.165) is 32.9 Å². The van der Waals surface area contributed by atoms with Crippen LogP contribution in [0.3, 0.4) is 0 Å². The Hall–Kier alpha value is -5.73. The molecular weight excluding hydrogens is 637 g/mol. The third-order valence-electron chi connectivity index (χ3n) is 8.14. The number of esters is 1. The summed E-state index contributed by atoms with van der Waals surface area (Å²) in [5.74, 6) is -4.15. The van der Waals surface area contributed by atoms with Gasteiger partial charge >= 0.3 is 5.97 Å². The predicted octanol–water partition coefficient (Wildman–Crippen LogP) is 2.21. The van der Waals surface area contributed by atoms with Crippen LogP contribution in [0.15, 0.2) is 85.1 Å². The van der Waals surface area contributed by atoms with E-state index in [0.29, 0.717) is 5.39 Å². The molecule has 4 aromatic rings. The number of aromatic nitrogens is 1. The van der Waals surface area contributed by atoms with Crippen LogP contribution in [0.25, 0.3) is 10.8 Å². The maximum Gasteiger partial charge on any atom is 0.310 e. The monoisotopic (exact) mass is 669 g/mol. The number of cyclic esters (lactones) is 1. The Morgan fingerprint density at radius 1 is 0.980 bits per heavy atom. The third kappa shape index (κ3) is 7.40. The van der Waals surface area contributed by atoms with Crippen molar-refractivity contribution in [3.05, 3.63) is 102 Å². The van der Waals surface area contributed by atoms with E-state index in [-0.39, 0.29) is 36.5 Å². The lowest BCUT2D eigenvalue weighted by Gasteiger charge is -2.26. The van der Waals surface area contributed by atoms with Gasteiger partial charge in [0.05, 0.1) is 44.0 Å². The molecule has 1 unspecified atom stereocenters. The van der Waals surface area contributed by atoms with Crippen LogP contribution >= 0.6 is 0 Å². The highest BCUT2D eigenvalue weighted by Crippen LogP contribution is 2.34. The van der Waals surface area contributed by atoms with Crippen LogP contribution in [0, 0.1) is 5.82 Å². The summed E-state index contributed by atoms with van der Waals surface area (Å²) in [5, 5.41) is 16.1. The minimum atomic E-state index is -1.42. The zero-order chi connectivity index (χ0) is 34.5. The van der Waals surface area contributed by atoms with Crippen LogP contribution in [-0.2, 0) is 35.3 Å². The van der Waals surface area contributed by atoms with Gasteiger partial charge in [0.1, 0.15) is 30.1 Å². The number of benzene rings is 3. The number of ether oxygens (including phenoxy) is 2. The molecule has 1 saturated heterocycles. The Morgan fingerprint density at radius 2 is 1.76 bits per heavy atom. The fourth-order valence-electron chi connectivity index (χ4n) is 5.82. The summed E-state index contributed by atoms with van der Waals surface area (Å²) < 4.78 is 25.7. The van der Waals surface area contributed by atoms with E-state index >= 15 is 0 Å². The predicted molar refractivity (Wildman–Crippen MR) is 173 cm³/mol. The number of nitrogens with zero attached hydrogens (tertiary/aromatic N) is 3. The number of nitrogens with one attached hydrogen (secondary N) is 2. The van der Waals surface area contributed by atoms with Gasteiger partial charge in [-0.2, -0.15) is 0 Å². The van der Waals surface area contributed by atoms with Crippen LogP contribution in [0.5, 0.6) is 0 Å². The van der Waals surface area contributed by atoms with Gasteiger partial charge < -0.3 is 30.1 Å². The Kier molecular flexibility index (Phi) is 9.87. The van der Waals surface area contributed by atoms with Crippen molar-refractivity contribution in [2.24, 2.45) is 0 Å². The molecule has 2 aliphatic rings. The topological polar surface area (TPSA) is 167 Å². The summed E-state index contributed by atoms with van der Waals surface area (Å²) in [7, 11) is 0. The van der Waals surface area contributed by atoms with Gasteiger partial charge in [0.15, 0.2) is 0 Å². The second kappa shape index (κ2) is 14.6. The standard InChI is InChI=1S/C35H32FN5O8/c36-23-10-11-27-28(16-23)40(30(44)13-15-42)18-26(39-33(46)32-24-9-5-4-8-22(24)12-14-37-32)34(47)41(27)19-29(43)38-25-17-31(45)49-35(25)48-20-21-6-2-1-3-7-21/h1-12,14,16,25-26,35,42H,13,15,17-20H2,(H,38,43)(H,39,46)/t25-,26-,35?/m0/s1. The summed E-state index contributed by atoms with van der Waals surface area (Å²) in [6.07, 6.45) is -0.172. The van der Waals surface area contributed by atoms with Gasteiger partial charge in [-0.25, -0.2) is 4.39 Å². The van der Waals surface area contributed by atoms with Gasteiger partial charge in [-0.15, -0.1) is 0 Å². The first-order chi connectivity index (χ1) is 23.7. The average molecular weight is 670 g/mol. The van der Waals surface area contributed by atoms with E-state index in [4.69, 9.17) is 9.47 Å². The number of hydrogen-bond donors (Lipinski definition) is 3. The minimum absolute atomic E-state index is 0.0171. The molecular formula is C35H32FN5O8. The summed E-state index contributed by atoms with van der Waals surface area (Å²) in [5.41, 5.74) is 0.830. The molecule has 252 valence electrons. The van der Waals surface area contributed by atoms with Crippen LogP contribution in [0.1, 0.15) is 28.9 Å². The number of fused-ring (bicyclic) bond motifs is 2. The number of aliphatic hydroxyl groups is 1. The van der Waals surface area contributed by atoms with Gasteiger partial charge in [-0.05, 0) is 35.2 Å². The Labute approximate surface area is 279 Å². The summed E-state index contributed by atoms with van der Waals surface area (Å²) in [6.45, 7) is -1.47. The molecule has 0 radical (unpaired) electrons. The van der Waals surface area contributed by atoms with Gasteiger partial charge in [0.25, 0.3) is 11.8 Å². The first-order valence-electron chi connectivity index (χ1n) is 15.5. The van der Waals surface area contributed by atoms with Crippen molar-refractivity contribution in [1.29, 1.82) is 0 Å². The number of anilines is 2. The van der Waals surface area contributed by atoms with Crippen molar-refractivity contribution in [2.45, 2.75) is 37.8 Å². The second-order valence-corrected chi connectivity index (χ2v) is 11.5. The SMILES string of the molecule is O=C(CN1C(=O)[C@@H](NC(=O)c2nccc3ccccc23)CN(C(=O)CCO)c2cc(F)ccc21)N[C@H]1CC(=O)OC1OCc1ccccc1. The van der Waals surface area contributed by atoms with Crippen molar-refractivity contribution in [2.75, 3.05) is 29.5 Å². The fraction of sp³-hybridized carbons (Fsp3) is 0.257. The molecule has 13 nitrogen and oxygen atoms in total. The first-order valence-corrected chi connectivity index (χ1v) is 15.5. The molecule has 3 heterocycles.